The van der Waals surface area contributed by atoms with Crippen LogP contribution in [0.25, 0.3) is 10.4 Å². The van der Waals surface area contributed by atoms with E-state index in [2.05, 4.69) is 23.9 Å². The van der Waals surface area contributed by atoms with Gasteiger partial charge in [0.15, 0.2) is 0 Å². The second kappa shape index (κ2) is 6.06. The number of ketones is 1. The van der Waals surface area contributed by atoms with Crippen LogP contribution in [0.3, 0.4) is 0 Å². The maximum atomic E-state index is 12.0. The maximum Gasteiger partial charge on any atom is 0.136 e. The number of carbonyl (C=O) groups is 1. The van der Waals surface area contributed by atoms with Crippen LogP contribution in [-0.4, -0.2) is 11.3 Å². The van der Waals surface area contributed by atoms with Crippen LogP contribution >= 0.6 is 0 Å². The Hall–Kier alpha value is -1.02. The van der Waals surface area contributed by atoms with Gasteiger partial charge in [0.2, 0.25) is 0 Å². The summed E-state index contributed by atoms with van der Waals surface area (Å²) in [5.41, 5.74) is 7.49. The lowest BCUT2D eigenvalue weighted by molar-refractivity contribution is -0.130. The molecule has 3 unspecified atom stereocenters. The highest BCUT2D eigenvalue weighted by atomic mass is 16.1. The van der Waals surface area contributed by atoms with E-state index in [9.17, 15) is 4.79 Å². The number of rotatable bonds is 7. The van der Waals surface area contributed by atoms with Crippen molar-refractivity contribution in [1.29, 1.82) is 0 Å². The molecule has 4 heteroatoms. The van der Waals surface area contributed by atoms with Crippen LogP contribution in [0.15, 0.2) is 5.11 Å². The maximum absolute atomic E-state index is 12.0. The summed E-state index contributed by atoms with van der Waals surface area (Å²) in [6.07, 6.45) is 2.46. The Morgan fingerprint density at radius 2 is 1.94 bits per heavy atom. The van der Waals surface area contributed by atoms with Crippen LogP contribution in [-0.2, 0) is 4.79 Å². The number of hydrogen-bond donors (Lipinski definition) is 0. The van der Waals surface area contributed by atoms with Crippen LogP contribution in [0, 0.1) is 11.3 Å². The van der Waals surface area contributed by atoms with Crippen LogP contribution in [0.1, 0.15) is 60.8 Å². The molecule has 0 aromatic carbocycles. The van der Waals surface area contributed by atoms with Crippen molar-refractivity contribution in [3.8, 4) is 0 Å². The molecule has 17 heavy (non-hydrogen) atoms. The Bertz CT molecular complexity index is 323. The Morgan fingerprint density at radius 3 is 2.24 bits per heavy atom. The normalized spacial score (nSPS) is 19.6. The molecule has 0 aromatic rings. The largest absolute Gasteiger partial charge is 0.299 e. The minimum Gasteiger partial charge on any atom is -0.299 e. The van der Waals surface area contributed by atoms with E-state index in [0.717, 1.165) is 12.8 Å². The summed E-state index contributed by atoms with van der Waals surface area (Å²) in [4.78, 5) is 14.9. The Kier molecular flexibility index (Phi) is 5.70. The minimum atomic E-state index is -0.642. The van der Waals surface area contributed by atoms with Gasteiger partial charge in [-0.05, 0) is 31.2 Å². The van der Waals surface area contributed by atoms with E-state index in [1.54, 1.807) is 6.92 Å². The van der Waals surface area contributed by atoms with E-state index in [1.165, 1.54) is 0 Å². The molecule has 98 valence electrons. The molecule has 0 saturated carbocycles. The lowest BCUT2D eigenvalue weighted by Gasteiger charge is -2.42. The molecule has 0 amide bonds. The first-order valence-corrected chi connectivity index (χ1v) is 6.34. The average molecular weight is 239 g/mol. The molecule has 0 spiro atoms. The molecule has 0 aliphatic rings. The van der Waals surface area contributed by atoms with E-state index in [0.29, 0.717) is 12.3 Å². The summed E-state index contributed by atoms with van der Waals surface area (Å²) in [6.45, 7) is 11.6. The lowest BCUT2D eigenvalue weighted by atomic mass is 9.64. The molecule has 0 aliphatic heterocycles. The molecule has 0 rings (SSSR count). The molecule has 0 bridgehead atoms. The first-order valence-electron chi connectivity index (χ1n) is 6.34. The van der Waals surface area contributed by atoms with Crippen LogP contribution < -0.4 is 0 Å². The van der Waals surface area contributed by atoms with Gasteiger partial charge >= 0.3 is 0 Å². The SMILES string of the molecule is CCC(C)CC(C)(C(C)=O)C(C)(CC)N=[N+]=[N-]. The third-order valence-electron chi connectivity index (χ3n) is 4.37. The van der Waals surface area contributed by atoms with Crippen molar-refractivity contribution in [2.75, 3.05) is 0 Å². The van der Waals surface area contributed by atoms with Crippen molar-refractivity contribution < 1.29 is 4.79 Å². The predicted molar refractivity (Wildman–Crippen MR) is 70.7 cm³/mol. The van der Waals surface area contributed by atoms with Gasteiger partial charge in [-0.15, -0.1) is 0 Å². The van der Waals surface area contributed by atoms with Crippen molar-refractivity contribution >= 4 is 5.78 Å². The van der Waals surface area contributed by atoms with Crippen molar-refractivity contribution in [2.24, 2.45) is 16.4 Å². The molecular weight excluding hydrogens is 214 g/mol. The van der Waals surface area contributed by atoms with Crippen molar-refractivity contribution in [3.05, 3.63) is 10.4 Å². The summed E-state index contributed by atoms with van der Waals surface area (Å²) < 4.78 is 0. The van der Waals surface area contributed by atoms with Crippen LogP contribution in [0.4, 0.5) is 0 Å². The lowest BCUT2D eigenvalue weighted by Crippen LogP contribution is -2.47. The van der Waals surface area contributed by atoms with Crippen LogP contribution in [0.5, 0.6) is 0 Å². The molecule has 0 saturated heterocycles. The molecule has 0 N–H and O–H groups in total. The molecule has 0 aromatic heterocycles. The van der Waals surface area contributed by atoms with Crippen molar-refractivity contribution in [3.63, 3.8) is 0 Å². The zero-order valence-corrected chi connectivity index (χ0v) is 11.9. The van der Waals surface area contributed by atoms with Gasteiger partial charge in [-0.2, -0.15) is 0 Å². The Morgan fingerprint density at radius 1 is 1.41 bits per heavy atom. The van der Waals surface area contributed by atoms with Gasteiger partial charge < -0.3 is 0 Å². The van der Waals surface area contributed by atoms with Gasteiger partial charge in [-0.3, -0.25) is 4.79 Å². The van der Waals surface area contributed by atoms with Gasteiger partial charge in [-0.1, -0.05) is 46.2 Å². The highest BCUT2D eigenvalue weighted by Gasteiger charge is 2.46. The number of nitrogens with zero attached hydrogens (tertiary/aromatic N) is 3. The fourth-order valence-corrected chi connectivity index (χ4v) is 2.25. The van der Waals surface area contributed by atoms with E-state index in [1.807, 2.05) is 20.8 Å². The van der Waals surface area contributed by atoms with E-state index in [4.69, 9.17) is 5.53 Å². The molecule has 3 atom stereocenters. The summed E-state index contributed by atoms with van der Waals surface area (Å²) in [5.74, 6) is 0.554. The quantitative estimate of drug-likeness (QED) is 0.366. The third kappa shape index (κ3) is 3.22. The van der Waals surface area contributed by atoms with Crippen molar-refractivity contribution in [2.45, 2.75) is 66.3 Å². The zero-order valence-electron chi connectivity index (χ0n) is 11.9. The first kappa shape index (κ1) is 16.0. The fraction of sp³-hybridized carbons (Fsp3) is 0.923. The van der Waals surface area contributed by atoms with E-state index >= 15 is 0 Å². The van der Waals surface area contributed by atoms with Crippen molar-refractivity contribution in [1.82, 2.24) is 0 Å². The van der Waals surface area contributed by atoms with Gasteiger partial charge in [0.1, 0.15) is 5.78 Å². The summed E-state index contributed by atoms with van der Waals surface area (Å²) in [5, 5.41) is 3.91. The minimum absolute atomic E-state index is 0.106. The zero-order chi connectivity index (χ0) is 13.7. The molecule has 0 aliphatic carbocycles. The topological polar surface area (TPSA) is 65.8 Å². The molecule has 0 heterocycles. The standard InChI is InChI=1S/C13H25N3O/c1-7-10(3)9-12(5,11(4)17)13(6,8-2)15-16-14/h10H,7-9H2,1-6H3. The average Bonchev–Trinajstić information content (AvgIpc) is 2.28. The number of hydrogen-bond acceptors (Lipinski definition) is 2. The number of Topliss-reactive ketones (excluding diaryl/α,β-unsaturated/α-hetero) is 1. The molecule has 0 fully saturated rings. The van der Waals surface area contributed by atoms with E-state index < -0.39 is 11.0 Å². The highest BCUT2D eigenvalue weighted by Crippen LogP contribution is 2.43. The van der Waals surface area contributed by atoms with Gasteiger partial charge in [0.25, 0.3) is 0 Å². The highest BCUT2D eigenvalue weighted by molar-refractivity contribution is 5.83. The Labute approximate surface area is 104 Å². The van der Waals surface area contributed by atoms with Gasteiger partial charge in [0, 0.05) is 10.3 Å². The number of carbonyl (C=O) groups excluding carboxylic acids is 1. The molecular formula is C13H25N3O. The third-order valence-corrected chi connectivity index (χ3v) is 4.37. The predicted octanol–water partition coefficient (Wildman–Crippen LogP) is 4.50. The van der Waals surface area contributed by atoms with E-state index in [-0.39, 0.29) is 5.78 Å². The number of azide groups is 1. The second-order valence-electron chi connectivity index (χ2n) is 5.42. The van der Waals surface area contributed by atoms with Gasteiger partial charge in [-0.25, -0.2) is 0 Å². The van der Waals surface area contributed by atoms with Gasteiger partial charge in [0.05, 0.1) is 5.54 Å². The Balaban J connectivity index is 5.45. The summed E-state index contributed by atoms with van der Waals surface area (Å²) in [7, 11) is 0. The molecule has 4 nitrogen and oxygen atoms in total. The summed E-state index contributed by atoms with van der Waals surface area (Å²) in [6, 6.07) is 0. The summed E-state index contributed by atoms with van der Waals surface area (Å²) >= 11 is 0. The fourth-order valence-electron chi connectivity index (χ4n) is 2.25. The van der Waals surface area contributed by atoms with Crippen LogP contribution in [0.2, 0.25) is 0 Å². The molecule has 0 radical (unpaired) electrons. The smallest absolute Gasteiger partial charge is 0.136 e. The monoisotopic (exact) mass is 239 g/mol. The first-order chi connectivity index (χ1) is 7.77. The second-order valence-corrected chi connectivity index (χ2v) is 5.42.